The van der Waals surface area contributed by atoms with Crippen LogP contribution in [0.2, 0.25) is 0 Å². The summed E-state index contributed by atoms with van der Waals surface area (Å²) in [4.78, 5) is 0. The van der Waals surface area contributed by atoms with E-state index in [1.807, 2.05) is 12.1 Å². The number of benzene rings is 2. The number of fused-ring (bicyclic) bond motifs is 1. The van der Waals surface area contributed by atoms with Gasteiger partial charge in [-0.1, -0.05) is 37.9 Å². The number of hydrogen-bond acceptors (Lipinski definition) is 2. The highest BCUT2D eigenvalue weighted by Gasteiger charge is 2.29. The van der Waals surface area contributed by atoms with Crippen molar-refractivity contribution in [2.24, 2.45) is 0 Å². The molecule has 2 nitrogen and oxygen atoms in total. The number of aliphatic hydroxyl groups excluding tert-OH is 1. The monoisotopic (exact) mass is 400 g/mol. The molecule has 3 rings (SSSR count). The van der Waals surface area contributed by atoms with Crippen molar-refractivity contribution in [1.82, 2.24) is 0 Å². The van der Waals surface area contributed by atoms with E-state index in [4.69, 9.17) is 4.74 Å². The van der Waals surface area contributed by atoms with Crippen LogP contribution in [0.15, 0.2) is 45.3 Å². The van der Waals surface area contributed by atoms with E-state index in [9.17, 15) is 9.50 Å². The fraction of sp³-hybridized carbons (Fsp3) is 0.200. The molecule has 2 aromatic carbocycles. The maximum absolute atomic E-state index is 13.9. The third-order valence-electron chi connectivity index (χ3n) is 3.35. The average Bonchev–Trinajstić information content (AvgIpc) is 2.41. The van der Waals surface area contributed by atoms with Crippen molar-refractivity contribution in [3.05, 3.63) is 62.3 Å². The van der Waals surface area contributed by atoms with Crippen LogP contribution < -0.4 is 4.74 Å². The molecule has 104 valence electrons. The summed E-state index contributed by atoms with van der Waals surface area (Å²) in [7, 11) is 0. The first-order valence-electron chi connectivity index (χ1n) is 6.13. The lowest BCUT2D eigenvalue weighted by Crippen LogP contribution is -2.20. The van der Waals surface area contributed by atoms with Gasteiger partial charge in [0.1, 0.15) is 17.7 Å². The summed E-state index contributed by atoms with van der Waals surface area (Å²) in [5.41, 5.74) is 1.18. The molecule has 1 aliphatic rings. The fourth-order valence-corrected chi connectivity index (χ4v) is 3.09. The number of rotatable bonds is 1. The van der Waals surface area contributed by atoms with E-state index in [1.54, 1.807) is 18.2 Å². The van der Waals surface area contributed by atoms with Crippen LogP contribution in [0, 0.1) is 5.82 Å². The van der Waals surface area contributed by atoms with Crippen LogP contribution in [0.3, 0.4) is 0 Å². The Balaban J connectivity index is 2.00. The van der Waals surface area contributed by atoms with E-state index in [2.05, 4.69) is 31.9 Å². The highest BCUT2D eigenvalue weighted by Crippen LogP contribution is 2.42. The molecule has 0 spiro atoms. The van der Waals surface area contributed by atoms with Crippen LogP contribution in [0.5, 0.6) is 5.75 Å². The predicted octanol–water partition coefficient (Wildman–Crippen LogP) is 4.91. The van der Waals surface area contributed by atoms with Gasteiger partial charge in [-0.3, -0.25) is 0 Å². The molecule has 1 aliphatic heterocycles. The first-order chi connectivity index (χ1) is 9.54. The van der Waals surface area contributed by atoms with Crippen molar-refractivity contribution in [3.8, 4) is 5.75 Å². The minimum Gasteiger partial charge on any atom is -0.485 e. The highest BCUT2D eigenvalue weighted by atomic mass is 79.9. The van der Waals surface area contributed by atoms with Gasteiger partial charge in [0.05, 0.1) is 6.10 Å². The molecular formula is C15H11Br2FO2. The van der Waals surface area contributed by atoms with Crippen LogP contribution in [-0.2, 0) is 0 Å². The highest BCUT2D eigenvalue weighted by molar-refractivity contribution is 9.10. The Bertz CT molecular complexity index is 660. The molecule has 0 aliphatic carbocycles. The van der Waals surface area contributed by atoms with E-state index in [0.29, 0.717) is 17.7 Å². The molecule has 0 bridgehead atoms. The molecule has 2 aromatic rings. The Morgan fingerprint density at radius 1 is 1.05 bits per heavy atom. The van der Waals surface area contributed by atoms with Crippen LogP contribution in [0.4, 0.5) is 4.39 Å². The Morgan fingerprint density at radius 3 is 2.55 bits per heavy atom. The van der Waals surface area contributed by atoms with Gasteiger partial charge < -0.3 is 9.84 Å². The molecule has 0 radical (unpaired) electrons. The van der Waals surface area contributed by atoms with Gasteiger partial charge in [0.2, 0.25) is 0 Å². The molecule has 0 saturated heterocycles. The van der Waals surface area contributed by atoms with Crippen molar-refractivity contribution in [1.29, 1.82) is 0 Å². The number of halogens is 3. The van der Waals surface area contributed by atoms with Crippen LogP contribution in [0.1, 0.15) is 29.8 Å². The molecule has 1 N–H and O–H groups in total. The van der Waals surface area contributed by atoms with Gasteiger partial charge in [0.15, 0.2) is 0 Å². The molecule has 0 aromatic heterocycles. The van der Waals surface area contributed by atoms with Crippen molar-refractivity contribution in [2.75, 3.05) is 0 Å². The first-order valence-corrected chi connectivity index (χ1v) is 7.72. The van der Waals surface area contributed by atoms with Crippen molar-refractivity contribution in [2.45, 2.75) is 18.6 Å². The number of hydrogen-bond donors (Lipinski definition) is 1. The number of ether oxygens (including phenoxy) is 1. The van der Waals surface area contributed by atoms with Crippen LogP contribution in [-0.4, -0.2) is 5.11 Å². The second kappa shape index (κ2) is 5.47. The van der Waals surface area contributed by atoms with E-state index in [1.165, 1.54) is 6.07 Å². The fourth-order valence-electron chi connectivity index (χ4n) is 2.37. The molecule has 0 saturated carbocycles. The predicted molar refractivity (Wildman–Crippen MR) is 81.2 cm³/mol. The quantitative estimate of drug-likeness (QED) is 0.735. The molecule has 5 heteroatoms. The molecular weight excluding hydrogens is 391 g/mol. The lowest BCUT2D eigenvalue weighted by Gasteiger charge is -2.30. The molecule has 20 heavy (non-hydrogen) atoms. The maximum atomic E-state index is 13.9. The van der Waals surface area contributed by atoms with Gasteiger partial charge in [-0.15, -0.1) is 0 Å². The molecule has 0 fully saturated rings. The van der Waals surface area contributed by atoms with Gasteiger partial charge >= 0.3 is 0 Å². The summed E-state index contributed by atoms with van der Waals surface area (Å²) < 4.78 is 21.4. The van der Waals surface area contributed by atoms with Crippen molar-refractivity contribution >= 4 is 31.9 Å². The van der Waals surface area contributed by atoms with E-state index < -0.39 is 12.2 Å². The minimum atomic E-state index is -0.657. The molecule has 1 heterocycles. The van der Waals surface area contributed by atoms with Gasteiger partial charge in [-0.05, 0) is 30.3 Å². The summed E-state index contributed by atoms with van der Waals surface area (Å²) in [5, 5.41) is 10.2. The average molecular weight is 402 g/mol. The molecule has 1 unspecified atom stereocenters. The van der Waals surface area contributed by atoms with E-state index >= 15 is 0 Å². The van der Waals surface area contributed by atoms with Gasteiger partial charge in [-0.2, -0.15) is 0 Å². The second-order valence-electron chi connectivity index (χ2n) is 4.71. The largest absolute Gasteiger partial charge is 0.485 e. The maximum Gasteiger partial charge on any atom is 0.130 e. The normalized spacial score (nSPS) is 21.2. The lowest BCUT2D eigenvalue weighted by molar-refractivity contribution is 0.0639. The Hall–Kier alpha value is -0.910. The van der Waals surface area contributed by atoms with E-state index in [0.717, 1.165) is 14.5 Å². The lowest BCUT2D eigenvalue weighted by atomic mass is 9.95. The Labute approximate surface area is 132 Å². The minimum absolute atomic E-state index is 0.330. The topological polar surface area (TPSA) is 29.5 Å². The zero-order valence-electron chi connectivity index (χ0n) is 10.3. The summed E-state index contributed by atoms with van der Waals surface area (Å²) in [5.74, 6) is 0.256. The third kappa shape index (κ3) is 2.62. The van der Waals surface area contributed by atoms with Crippen LogP contribution in [0.25, 0.3) is 0 Å². The molecule has 0 amide bonds. The summed E-state index contributed by atoms with van der Waals surface area (Å²) >= 11 is 6.70. The number of aliphatic hydroxyl groups is 1. The standard InChI is InChI=1S/C15H11Br2FO2/c16-8-2-4-12(18)11(5-8)15-7-13(19)10-3-1-9(17)6-14(10)20-15/h1-6,13,15,19H,7H2/t13-,15?/m0/s1. The summed E-state index contributed by atoms with van der Waals surface area (Å²) in [6.45, 7) is 0. The Morgan fingerprint density at radius 2 is 1.75 bits per heavy atom. The van der Waals surface area contributed by atoms with Gasteiger partial charge in [0, 0.05) is 26.5 Å². The molecule has 2 atom stereocenters. The van der Waals surface area contributed by atoms with Crippen molar-refractivity contribution in [3.63, 3.8) is 0 Å². The zero-order valence-corrected chi connectivity index (χ0v) is 13.5. The zero-order chi connectivity index (χ0) is 14.3. The third-order valence-corrected chi connectivity index (χ3v) is 4.33. The van der Waals surface area contributed by atoms with Crippen molar-refractivity contribution < 1.29 is 14.2 Å². The summed E-state index contributed by atoms with van der Waals surface area (Å²) in [6, 6.07) is 10.2. The first kappa shape index (κ1) is 14.0. The SMILES string of the molecule is O[C@H]1CC(c2cc(Br)ccc2F)Oc2cc(Br)ccc21. The van der Waals surface area contributed by atoms with Crippen LogP contribution >= 0.6 is 31.9 Å². The Kier molecular flexibility index (Phi) is 3.84. The second-order valence-corrected chi connectivity index (χ2v) is 6.54. The summed E-state index contributed by atoms with van der Waals surface area (Å²) in [6.07, 6.45) is -0.818. The van der Waals surface area contributed by atoms with Gasteiger partial charge in [-0.25, -0.2) is 4.39 Å². The van der Waals surface area contributed by atoms with Gasteiger partial charge in [0.25, 0.3) is 0 Å². The smallest absolute Gasteiger partial charge is 0.130 e. The van der Waals surface area contributed by atoms with E-state index in [-0.39, 0.29) is 5.82 Å².